The highest BCUT2D eigenvalue weighted by molar-refractivity contribution is 5.83. The molecule has 0 aliphatic carbocycles. The molecule has 0 radical (unpaired) electrons. The van der Waals surface area contributed by atoms with Gasteiger partial charge in [0.1, 0.15) is 6.04 Å². The van der Waals surface area contributed by atoms with Crippen molar-refractivity contribution in [3.05, 3.63) is 29.8 Å². The molecule has 0 saturated carbocycles. The van der Waals surface area contributed by atoms with Crippen LogP contribution in [-0.4, -0.2) is 37.1 Å². The van der Waals surface area contributed by atoms with E-state index in [-0.39, 0.29) is 18.2 Å². The summed E-state index contributed by atoms with van der Waals surface area (Å²) >= 11 is 0. The molecule has 1 aromatic carbocycles. The molecule has 116 valence electrons. The Hall–Kier alpha value is -2.04. The highest BCUT2D eigenvalue weighted by Gasteiger charge is 2.22. The third-order valence-corrected chi connectivity index (χ3v) is 3.34. The number of hydrogen-bond donors (Lipinski definition) is 2. The largest absolute Gasteiger partial charge is 0.480 e. The number of hydrogen-bond acceptors (Lipinski definition) is 3. The summed E-state index contributed by atoms with van der Waals surface area (Å²) in [7, 11) is 3.95. The summed E-state index contributed by atoms with van der Waals surface area (Å²) in [6.45, 7) is 3.55. The summed E-state index contributed by atoms with van der Waals surface area (Å²) < 4.78 is 0. The van der Waals surface area contributed by atoms with Crippen LogP contribution >= 0.6 is 0 Å². The molecule has 21 heavy (non-hydrogen) atoms. The van der Waals surface area contributed by atoms with Gasteiger partial charge < -0.3 is 15.3 Å². The molecule has 2 N–H and O–H groups in total. The van der Waals surface area contributed by atoms with Crippen LogP contribution in [0.3, 0.4) is 0 Å². The van der Waals surface area contributed by atoms with Crippen LogP contribution in [0.15, 0.2) is 24.3 Å². The Morgan fingerprint density at radius 2 is 1.76 bits per heavy atom. The van der Waals surface area contributed by atoms with Crippen molar-refractivity contribution in [2.45, 2.75) is 32.7 Å². The van der Waals surface area contributed by atoms with E-state index < -0.39 is 12.0 Å². The first-order valence-corrected chi connectivity index (χ1v) is 7.09. The van der Waals surface area contributed by atoms with Crippen LogP contribution in [0, 0.1) is 5.92 Å². The molecule has 0 aromatic heterocycles. The first-order chi connectivity index (χ1) is 9.81. The topological polar surface area (TPSA) is 69.6 Å². The van der Waals surface area contributed by atoms with E-state index in [1.807, 2.05) is 43.3 Å². The van der Waals surface area contributed by atoms with E-state index in [0.717, 1.165) is 11.3 Å². The quantitative estimate of drug-likeness (QED) is 0.805. The molecule has 0 bridgehead atoms. The minimum absolute atomic E-state index is 0.133. The maximum atomic E-state index is 11.8. The Morgan fingerprint density at radius 1 is 1.19 bits per heavy atom. The molecular weight excluding hydrogens is 268 g/mol. The second kappa shape index (κ2) is 7.67. The minimum Gasteiger partial charge on any atom is -0.480 e. The van der Waals surface area contributed by atoms with E-state index in [1.165, 1.54) is 0 Å². The summed E-state index contributed by atoms with van der Waals surface area (Å²) in [5.41, 5.74) is 2.17. The van der Waals surface area contributed by atoms with Crippen LogP contribution in [0.5, 0.6) is 0 Å². The molecular formula is C16H24N2O3. The molecule has 1 rings (SSSR count). The number of carboxylic acid groups (broad SMARTS) is 1. The predicted molar refractivity (Wildman–Crippen MR) is 83.5 cm³/mol. The van der Waals surface area contributed by atoms with Gasteiger partial charge >= 0.3 is 5.97 Å². The van der Waals surface area contributed by atoms with Crippen molar-refractivity contribution in [2.75, 3.05) is 19.0 Å². The molecule has 0 saturated heterocycles. The molecule has 5 nitrogen and oxygen atoms in total. The lowest BCUT2D eigenvalue weighted by Crippen LogP contribution is -2.44. The monoisotopic (exact) mass is 292 g/mol. The van der Waals surface area contributed by atoms with Crippen LogP contribution in [0.25, 0.3) is 0 Å². The standard InChI is InChI=1S/C16H24N2O3/c1-11(2)15(16(20)21)17-14(19)10-7-12-5-8-13(9-6-12)18(3)4/h5-6,8-9,11,15H,7,10H2,1-4H3,(H,17,19)(H,20,21)/t15-/m0/s1. The van der Waals surface area contributed by atoms with Gasteiger partial charge in [0, 0.05) is 26.2 Å². The third kappa shape index (κ3) is 5.45. The minimum atomic E-state index is -0.992. The zero-order chi connectivity index (χ0) is 16.0. The molecule has 1 atom stereocenters. The normalized spacial score (nSPS) is 12.0. The van der Waals surface area contributed by atoms with Gasteiger partial charge in [-0.25, -0.2) is 4.79 Å². The summed E-state index contributed by atoms with van der Waals surface area (Å²) in [4.78, 5) is 24.9. The van der Waals surface area contributed by atoms with Crippen LogP contribution < -0.4 is 10.2 Å². The van der Waals surface area contributed by atoms with Gasteiger partial charge in [-0.2, -0.15) is 0 Å². The number of anilines is 1. The molecule has 0 aliphatic heterocycles. The van der Waals surface area contributed by atoms with Gasteiger partial charge in [0.05, 0.1) is 0 Å². The van der Waals surface area contributed by atoms with E-state index in [2.05, 4.69) is 5.32 Å². The summed E-state index contributed by atoms with van der Waals surface area (Å²) in [6, 6.07) is 7.15. The van der Waals surface area contributed by atoms with Crippen LogP contribution in [-0.2, 0) is 16.0 Å². The lowest BCUT2D eigenvalue weighted by atomic mass is 10.0. The number of aryl methyl sites for hydroxylation is 1. The number of rotatable bonds is 7. The predicted octanol–water partition coefficient (Wildman–Crippen LogP) is 1.91. The van der Waals surface area contributed by atoms with Crippen molar-refractivity contribution in [3.8, 4) is 0 Å². The number of carbonyl (C=O) groups is 2. The van der Waals surface area contributed by atoms with Crippen molar-refractivity contribution in [3.63, 3.8) is 0 Å². The zero-order valence-electron chi connectivity index (χ0n) is 13.1. The lowest BCUT2D eigenvalue weighted by Gasteiger charge is -2.18. The Balaban J connectivity index is 2.51. The van der Waals surface area contributed by atoms with E-state index in [1.54, 1.807) is 13.8 Å². The number of nitrogens with zero attached hydrogens (tertiary/aromatic N) is 1. The Labute approximate surface area is 126 Å². The van der Waals surface area contributed by atoms with Gasteiger partial charge in [-0.05, 0) is 30.0 Å². The molecule has 0 spiro atoms. The summed E-state index contributed by atoms with van der Waals surface area (Å²) in [6.07, 6.45) is 0.891. The van der Waals surface area contributed by atoms with Gasteiger partial charge in [-0.3, -0.25) is 4.79 Å². The number of benzene rings is 1. The van der Waals surface area contributed by atoms with Crippen LogP contribution in [0.4, 0.5) is 5.69 Å². The number of amides is 1. The van der Waals surface area contributed by atoms with E-state index >= 15 is 0 Å². The third-order valence-electron chi connectivity index (χ3n) is 3.34. The lowest BCUT2D eigenvalue weighted by molar-refractivity contribution is -0.143. The van der Waals surface area contributed by atoms with Crippen molar-refractivity contribution in [1.82, 2.24) is 5.32 Å². The van der Waals surface area contributed by atoms with E-state index in [9.17, 15) is 9.59 Å². The first kappa shape index (κ1) is 17.0. The molecule has 5 heteroatoms. The molecule has 0 aliphatic rings. The number of carbonyl (C=O) groups excluding carboxylic acids is 1. The second-order valence-electron chi connectivity index (χ2n) is 5.69. The smallest absolute Gasteiger partial charge is 0.326 e. The fourth-order valence-electron chi connectivity index (χ4n) is 1.98. The fraction of sp³-hybridized carbons (Fsp3) is 0.500. The Bertz CT molecular complexity index is 481. The second-order valence-corrected chi connectivity index (χ2v) is 5.69. The van der Waals surface area contributed by atoms with Crippen LogP contribution in [0.2, 0.25) is 0 Å². The van der Waals surface area contributed by atoms with Gasteiger partial charge in [0.25, 0.3) is 0 Å². The number of nitrogens with one attached hydrogen (secondary N) is 1. The number of aliphatic carboxylic acids is 1. The maximum Gasteiger partial charge on any atom is 0.326 e. The van der Waals surface area contributed by atoms with Gasteiger partial charge in [-0.15, -0.1) is 0 Å². The van der Waals surface area contributed by atoms with Gasteiger partial charge in [0.2, 0.25) is 5.91 Å². The molecule has 0 heterocycles. The molecule has 0 unspecified atom stereocenters. The summed E-state index contributed by atoms with van der Waals surface area (Å²) in [5.74, 6) is -1.35. The Morgan fingerprint density at radius 3 is 2.19 bits per heavy atom. The number of carboxylic acids is 1. The molecule has 1 aromatic rings. The van der Waals surface area contributed by atoms with E-state index in [4.69, 9.17) is 5.11 Å². The molecule has 0 fully saturated rings. The highest BCUT2D eigenvalue weighted by atomic mass is 16.4. The average Bonchev–Trinajstić information content (AvgIpc) is 2.42. The van der Waals surface area contributed by atoms with Gasteiger partial charge in [-0.1, -0.05) is 26.0 Å². The zero-order valence-corrected chi connectivity index (χ0v) is 13.1. The maximum absolute atomic E-state index is 11.8. The SMILES string of the molecule is CC(C)[C@H](NC(=O)CCc1ccc(N(C)C)cc1)C(=O)O. The highest BCUT2D eigenvalue weighted by Crippen LogP contribution is 2.13. The van der Waals surface area contributed by atoms with Crippen molar-refractivity contribution in [2.24, 2.45) is 5.92 Å². The Kier molecular flexibility index (Phi) is 6.21. The average molecular weight is 292 g/mol. The van der Waals surface area contributed by atoms with Crippen molar-refractivity contribution < 1.29 is 14.7 Å². The van der Waals surface area contributed by atoms with Crippen molar-refractivity contribution >= 4 is 17.6 Å². The van der Waals surface area contributed by atoms with Crippen LogP contribution in [0.1, 0.15) is 25.8 Å². The molecule has 1 amide bonds. The fourth-order valence-corrected chi connectivity index (χ4v) is 1.98. The van der Waals surface area contributed by atoms with Gasteiger partial charge in [0.15, 0.2) is 0 Å². The van der Waals surface area contributed by atoms with E-state index in [0.29, 0.717) is 6.42 Å². The summed E-state index contributed by atoms with van der Waals surface area (Å²) in [5, 5.41) is 11.6. The first-order valence-electron chi connectivity index (χ1n) is 7.09. The van der Waals surface area contributed by atoms with Crippen molar-refractivity contribution in [1.29, 1.82) is 0 Å².